The number of phenols is 5. The van der Waals surface area contributed by atoms with Gasteiger partial charge in [0.15, 0.2) is 17.3 Å². The molecule has 0 radical (unpaired) electrons. The molecule has 0 aliphatic carbocycles. The molecule has 0 aromatic heterocycles. The molecule has 0 fully saturated rings. The van der Waals surface area contributed by atoms with Crippen LogP contribution < -0.4 is 0 Å². The molecule has 20 heavy (non-hydrogen) atoms. The lowest BCUT2D eigenvalue weighted by Crippen LogP contribution is -2.09. The second-order valence-corrected chi connectivity index (χ2v) is 3.54. The van der Waals surface area contributed by atoms with Crippen LogP contribution in [-0.4, -0.2) is 48.3 Å². The Morgan fingerprint density at radius 2 is 1.30 bits per heavy atom. The summed E-state index contributed by atoms with van der Waals surface area (Å²) >= 11 is 0. The van der Waals surface area contributed by atoms with Crippen LogP contribution in [0.4, 0.5) is 0 Å². The van der Waals surface area contributed by atoms with Gasteiger partial charge in [0.05, 0.1) is 6.61 Å². The fourth-order valence-electron chi connectivity index (χ4n) is 1.32. The van der Waals surface area contributed by atoms with Crippen LogP contribution in [0.3, 0.4) is 0 Å². The van der Waals surface area contributed by atoms with Gasteiger partial charge >= 0.3 is 5.97 Å². The van der Waals surface area contributed by atoms with Crippen LogP contribution in [0, 0.1) is 0 Å². The van der Waals surface area contributed by atoms with Crippen LogP contribution in [0.15, 0.2) is 5.76 Å². The summed E-state index contributed by atoms with van der Waals surface area (Å²) in [4.78, 5) is 11.2. The van der Waals surface area contributed by atoms with Crippen LogP contribution in [0.5, 0.6) is 28.7 Å². The number of hydrogen-bond acceptors (Lipinski definition) is 9. The van der Waals surface area contributed by atoms with Gasteiger partial charge in [-0.05, 0) is 6.92 Å². The lowest BCUT2D eigenvalue weighted by Gasteiger charge is -2.12. The molecule has 1 rings (SSSR count). The first-order valence-electron chi connectivity index (χ1n) is 5.22. The van der Waals surface area contributed by atoms with Crippen molar-refractivity contribution in [3.63, 3.8) is 0 Å². The fraction of sp³-hybridized carbons (Fsp3) is 0.182. The molecular formula is C11H12O9. The SMILES string of the molecule is CCOC(=O)/C(O)=C(\O)c1c(O)c(O)c(O)c(O)c1O. The molecule has 0 aliphatic rings. The summed E-state index contributed by atoms with van der Waals surface area (Å²) in [5, 5.41) is 65.6. The number of phenolic OH excluding ortho intramolecular Hbond substituents is 5. The van der Waals surface area contributed by atoms with Gasteiger partial charge in [-0.15, -0.1) is 0 Å². The molecule has 9 heteroatoms. The third kappa shape index (κ3) is 2.28. The topological polar surface area (TPSA) is 168 Å². The summed E-state index contributed by atoms with van der Waals surface area (Å²) in [6.07, 6.45) is 0. The number of esters is 1. The van der Waals surface area contributed by atoms with Crippen molar-refractivity contribution in [3.05, 3.63) is 11.3 Å². The largest absolute Gasteiger partial charge is 0.504 e. The van der Waals surface area contributed by atoms with Gasteiger partial charge in [0.25, 0.3) is 0 Å². The Morgan fingerprint density at radius 1 is 0.900 bits per heavy atom. The second-order valence-electron chi connectivity index (χ2n) is 3.54. The third-order valence-electron chi connectivity index (χ3n) is 2.30. The number of ether oxygens (including phenoxy) is 1. The van der Waals surface area contributed by atoms with Crippen molar-refractivity contribution < 1.29 is 45.3 Å². The van der Waals surface area contributed by atoms with Gasteiger partial charge < -0.3 is 40.5 Å². The van der Waals surface area contributed by atoms with Crippen molar-refractivity contribution in [1.29, 1.82) is 0 Å². The molecule has 110 valence electrons. The molecule has 1 aromatic rings. The maximum atomic E-state index is 11.2. The van der Waals surface area contributed by atoms with Gasteiger partial charge in [-0.25, -0.2) is 4.79 Å². The molecule has 9 nitrogen and oxygen atoms in total. The molecule has 0 saturated heterocycles. The van der Waals surface area contributed by atoms with Gasteiger partial charge in [0, 0.05) is 0 Å². The average molecular weight is 288 g/mol. The number of rotatable bonds is 3. The van der Waals surface area contributed by atoms with Gasteiger partial charge in [-0.2, -0.15) is 0 Å². The van der Waals surface area contributed by atoms with Crippen molar-refractivity contribution in [2.24, 2.45) is 0 Å². The third-order valence-corrected chi connectivity index (χ3v) is 2.30. The Balaban J connectivity index is 3.55. The Bertz CT molecular complexity index is 559. The highest BCUT2D eigenvalue weighted by Crippen LogP contribution is 2.52. The van der Waals surface area contributed by atoms with Gasteiger partial charge in [-0.1, -0.05) is 0 Å². The molecule has 1 aromatic carbocycles. The van der Waals surface area contributed by atoms with Gasteiger partial charge in [0.1, 0.15) is 5.56 Å². The Labute approximate surface area is 111 Å². The maximum Gasteiger partial charge on any atom is 0.377 e. The monoisotopic (exact) mass is 288 g/mol. The lowest BCUT2D eigenvalue weighted by molar-refractivity contribution is -0.141. The van der Waals surface area contributed by atoms with E-state index in [0.29, 0.717) is 0 Å². The van der Waals surface area contributed by atoms with Crippen LogP contribution in [0.1, 0.15) is 12.5 Å². The van der Waals surface area contributed by atoms with Gasteiger partial charge in [0.2, 0.25) is 23.0 Å². The zero-order chi connectivity index (χ0) is 15.6. The molecule has 0 unspecified atom stereocenters. The number of aliphatic hydroxyl groups is 2. The number of hydrogen-bond donors (Lipinski definition) is 7. The number of benzene rings is 1. The number of carbonyl (C=O) groups is 1. The first-order chi connectivity index (χ1) is 9.23. The molecule has 0 heterocycles. The van der Waals surface area contributed by atoms with Crippen molar-refractivity contribution in [3.8, 4) is 28.7 Å². The van der Waals surface area contributed by atoms with Crippen molar-refractivity contribution in [2.45, 2.75) is 6.92 Å². The molecule has 0 aliphatic heterocycles. The quantitative estimate of drug-likeness (QED) is 0.138. The summed E-state index contributed by atoms with van der Waals surface area (Å²) in [5.74, 6) is -10.4. The van der Waals surface area contributed by atoms with Crippen LogP contribution >= 0.6 is 0 Å². The van der Waals surface area contributed by atoms with E-state index in [0.717, 1.165) is 0 Å². The summed E-state index contributed by atoms with van der Waals surface area (Å²) in [5.41, 5.74) is -1.05. The molecule has 0 bridgehead atoms. The second kappa shape index (κ2) is 5.34. The molecule has 0 saturated carbocycles. The zero-order valence-electron chi connectivity index (χ0n) is 10.2. The van der Waals surface area contributed by atoms with E-state index in [4.69, 9.17) is 5.11 Å². The Kier molecular flexibility index (Phi) is 4.03. The minimum absolute atomic E-state index is 0.125. The predicted molar refractivity (Wildman–Crippen MR) is 63.6 cm³/mol. The molecule has 0 atom stereocenters. The summed E-state index contributed by atoms with van der Waals surface area (Å²) in [6, 6.07) is 0. The summed E-state index contributed by atoms with van der Waals surface area (Å²) < 4.78 is 4.37. The zero-order valence-corrected chi connectivity index (χ0v) is 10.2. The van der Waals surface area contributed by atoms with E-state index in [-0.39, 0.29) is 6.61 Å². The number of aromatic hydroxyl groups is 5. The van der Waals surface area contributed by atoms with E-state index in [9.17, 15) is 35.4 Å². The van der Waals surface area contributed by atoms with E-state index in [1.165, 1.54) is 6.92 Å². The van der Waals surface area contributed by atoms with Gasteiger partial charge in [-0.3, -0.25) is 0 Å². The normalized spacial score (nSPS) is 11.8. The first kappa shape index (κ1) is 15.1. The summed E-state index contributed by atoms with van der Waals surface area (Å²) in [7, 11) is 0. The average Bonchev–Trinajstić information content (AvgIpc) is 2.42. The minimum atomic E-state index is -1.37. The molecular weight excluding hydrogens is 276 g/mol. The molecule has 0 amide bonds. The van der Waals surface area contributed by atoms with E-state index in [2.05, 4.69) is 4.74 Å². The van der Waals surface area contributed by atoms with Crippen LogP contribution in [0.25, 0.3) is 5.76 Å². The van der Waals surface area contributed by atoms with E-state index < -0.39 is 51.8 Å². The minimum Gasteiger partial charge on any atom is -0.504 e. The highest BCUT2D eigenvalue weighted by atomic mass is 16.5. The summed E-state index contributed by atoms with van der Waals surface area (Å²) in [6.45, 7) is 1.30. The number of carbonyl (C=O) groups excluding carboxylic acids is 1. The van der Waals surface area contributed by atoms with Crippen molar-refractivity contribution in [1.82, 2.24) is 0 Å². The molecule has 7 N–H and O–H groups in total. The Hall–Kier alpha value is -2.97. The first-order valence-corrected chi connectivity index (χ1v) is 5.22. The van der Waals surface area contributed by atoms with E-state index in [1.54, 1.807) is 0 Å². The smallest absolute Gasteiger partial charge is 0.377 e. The fourth-order valence-corrected chi connectivity index (χ4v) is 1.32. The van der Waals surface area contributed by atoms with Crippen molar-refractivity contribution in [2.75, 3.05) is 6.61 Å². The maximum absolute atomic E-state index is 11.2. The highest BCUT2D eigenvalue weighted by molar-refractivity contribution is 5.95. The number of aliphatic hydroxyl groups excluding tert-OH is 2. The van der Waals surface area contributed by atoms with Crippen LogP contribution in [0.2, 0.25) is 0 Å². The Morgan fingerprint density at radius 3 is 1.70 bits per heavy atom. The van der Waals surface area contributed by atoms with E-state index in [1.807, 2.05) is 0 Å². The highest BCUT2D eigenvalue weighted by Gasteiger charge is 2.29. The molecule has 0 spiro atoms. The lowest BCUT2D eigenvalue weighted by atomic mass is 10.1. The van der Waals surface area contributed by atoms with Crippen LogP contribution in [-0.2, 0) is 9.53 Å². The standard InChI is InChI=1S/C11H12O9/c1-2-20-11(19)10(18)6(14)3-4(12)7(15)9(17)8(16)5(3)13/h12-18H,2H2,1H3/b10-6+. The van der Waals surface area contributed by atoms with E-state index >= 15 is 0 Å². The van der Waals surface area contributed by atoms with Crippen molar-refractivity contribution >= 4 is 11.7 Å². The predicted octanol–water partition coefficient (Wildman–Crippen LogP) is 0.562.